The summed E-state index contributed by atoms with van der Waals surface area (Å²) in [7, 11) is 6.61. The van der Waals surface area contributed by atoms with E-state index in [0.29, 0.717) is 13.2 Å². The zero-order chi connectivity index (χ0) is 21.3. The first-order chi connectivity index (χ1) is 14.7. The summed E-state index contributed by atoms with van der Waals surface area (Å²) in [4.78, 5) is 0. The van der Waals surface area contributed by atoms with Crippen LogP contribution in [0.2, 0.25) is 0 Å². The van der Waals surface area contributed by atoms with E-state index in [-0.39, 0.29) is 24.4 Å². The van der Waals surface area contributed by atoms with Crippen molar-refractivity contribution < 1.29 is 28.4 Å². The third-order valence-electron chi connectivity index (χ3n) is 5.60. The first kappa shape index (κ1) is 22.9. The van der Waals surface area contributed by atoms with Gasteiger partial charge in [-0.2, -0.15) is 0 Å². The predicted octanol–water partition coefficient (Wildman–Crippen LogP) is 3.23. The van der Waals surface area contributed by atoms with Gasteiger partial charge in [-0.3, -0.25) is 0 Å². The van der Waals surface area contributed by atoms with Gasteiger partial charge in [-0.15, -0.1) is 0 Å². The van der Waals surface area contributed by atoms with Gasteiger partial charge >= 0.3 is 0 Å². The van der Waals surface area contributed by atoms with E-state index < -0.39 is 12.2 Å². The molecular weight excluding hydrogens is 384 g/mol. The molecule has 0 unspecified atom stereocenters. The maximum Gasteiger partial charge on any atom is 0.115 e. The number of benzene rings is 2. The zero-order valence-corrected chi connectivity index (χ0v) is 18.1. The van der Waals surface area contributed by atoms with Gasteiger partial charge in [-0.25, -0.2) is 0 Å². The number of hydrogen-bond donors (Lipinski definition) is 0. The van der Waals surface area contributed by atoms with E-state index in [1.54, 1.807) is 28.4 Å². The Kier molecular flexibility index (Phi) is 8.81. The fourth-order valence-electron chi connectivity index (χ4n) is 4.11. The molecule has 164 valence electrons. The third kappa shape index (κ3) is 5.27. The van der Waals surface area contributed by atoms with Crippen LogP contribution in [0.5, 0.6) is 0 Å². The van der Waals surface area contributed by atoms with Crippen LogP contribution in [0.1, 0.15) is 11.1 Å². The van der Waals surface area contributed by atoms with Crippen LogP contribution < -0.4 is 0 Å². The minimum atomic E-state index is -0.403. The van der Waals surface area contributed by atoms with Gasteiger partial charge in [0.15, 0.2) is 0 Å². The molecule has 30 heavy (non-hydrogen) atoms. The van der Waals surface area contributed by atoms with E-state index in [1.807, 2.05) is 60.7 Å². The molecule has 1 fully saturated rings. The van der Waals surface area contributed by atoms with Crippen molar-refractivity contribution in [3.8, 4) is 0 Å². The van der Waals surface area contributed by atoms with Gasteiger partial charge in [0.25, 0.3) is 0 Å². The van der Waals surface area contributed by atoms with Gasteiger partial charge in [0.1, 0.15) is 36.6 Å². The molecular formula is C24H32O6. The Hall–Kier alpha value is -1.80. The predicted molar refractivity (Wildman–Crippen MR) is 113 cm³/mol. The first-order valence-corrected chi connectivity index (χ1v) is 10.2. The van der Waals surface area contributed by atoms with Crippen LogP contribution in [-0.4, -0.2) is 65.1 Å². The molecule has 0 bridgehead atoms. The first-order valence-electron chi connectivity index (χ1n) is 10.2. The molecule has 6 atom stereocenters. The lowest BCUT2D eigenvalue weighted by atomic mass is 9.83. The van der Waals surface area contributed by atoms with Crippen molar-refractivity contribution in [1.82, 2.24) is 0 Å². The molecule has 0 amide bonds. The van der Waals surface area contributed by atoms with E-state index in [9.17, 15) is 0 Å². The molecule has 0 aromatic heterocycles. The summed E-state index contributed by atoms with van der Waals surface area (Å²) in [6.45, 7) is 0.863. The maximum absolute atomic E-state index is 6.37. The molecule has 2 aromatic carbocycles. The number of methoxy groups -OCH3 is 4. The highest BCUT2D eigenvalue weighted by atomic mass is 16.6. The Morgan fingerprint density at radius 2 is 0.767 bits per heavy atom. The van der Waals surface area contributed by atoms with E-state index in [4.69, 9.17) is 28.4 Å². The Labute approximate surface area is 179 Å². The highest BCUT2D eigenvalue weighted by Crippen LogP contribution is 2.33. The second-order valence-electron chi connectivity index (χ2n) is 7.32. The van der Waals surface area contributed by atoms with Crippen molar-refractivity contribution in [3.63, 3.8) is 0 Å². The van der Waals surface area contributed by atoms with Crippen molar-refractivity contribution in [2.75, 3.05) is 28.4 Å². The SMILES string of the molecule is CO[C@H]1[C@H](OC)[C@@H](OC)[C@H](OCc2ccccc2)[C@H](OCc2ccccc2)[C@@H]1OC. The standard InChI is InChI=1S/C24H32O6/c1-25-19-20(26-2)22(28-4)24(30-16-18-13-9-6-10-14-18)23(21(19)27-3)29-15-17-11-7-5-8-12-17/h5-14,19-24H,15-16H2,1-4H3/t19-,20-,21+,22+,23-,24+/m0/s1. The lowest BCUT2D eigenvalue weighted by molar-refractivity contribution is -0.270. The summed E-state index contributed by atoms with van der Waals surface area (Å²) in [5, 5.41) is 0. The lowest BCUT2D eigenvalue weighted by Crippen LogP contribution is -2.66. The van der Waals surface area contributed by atoms with E-state index in [0.717, 1.165) is 11.1 Å². The van der Waals surface area contributed by atoms with Crippen molar-refractivity contribution in [1.29, 1.82) is 0 Å². The van der Waals surface area contributed by atoms with Gasteiger partial charge in [0.2, 0.25) is 0 Å². The largest absolute Gasteiger partial charge is 0.376 e. The topological polar surface area (TPSA) is 55.4 Å². The smallest absolute Gasteiger partial charge is 0.115 e. The number of rotatable bonds is 10. The number of hydrogen-bond acceptors (Lipinski definition) is 6. The van der Waals surface area contributed by atoms with Crippen molar-refractivity contribution in [2.24, 2.45) is 0 Å². The Morgan fingerprint density at radius 3 is 1.07 bits per heavy atom. The van der Waals surface area contributed by atoms with Gasteiger partial charge in [0.05, 0.1) is 13.2 Å². The maximum atomic E-state index is 6.37. The minimum absolute atomic E-state index is 0.359. The summed E-state index contributed by atoms with van der Waals surface area (Å²) < 4.78 is 35.9. The molecule has 0 N–H and O–H groups in total. The average molecular weight is 417 g/mol. The second-order valence-corrected chi connectivity index (χ2v) is 7.32. The average Bonchev–Trinajstić information content (AvgIpc) is 2.81. The van der Waals surface area contributed by atoms with Crippen molar-refractivity contribution in [2.45, 2.75) is 49.8 Å². The number of ether oxygens (including phenoxy) is 6. The summed E-state index contributed by atoms with van der Waals surface area (Å²) in [5.41, 5.74) is 2.15. The highest BCUT2D eigenvalue weighted by Gasteiger charge is 2.53. The monoisotopic (exact) mass is 416 g/mol. The lowest BCUT2D eigenvalue weighted by Gasteiger charge is -2.48. The summed E-state index contributed by atoms with van der Waals surface area (Å²) in [6, 6.07) is 20.1. The van der Waals surface area contributed by atoms with E-state index in [1.165, 1.54) is 0 Å². The molecule has 0 saturated heterocycles. The van der Waals surface area contributed by atoms with E-state index >= 15 is 0 Å². The van der Waals surface area contributed by atoms with Gasteiger partial charge in [-0.1, -0.05) is 60.7 Å². The van der Waals surface area contributed by atoms with Crippen LogP contribution in [-0.2, 0) is 41.6 Å². The summed E-state index contributed by atoms with van der Waals surface area (Å²) in [5.74, 6) is 0. The molecule has 1 aliphatic carbocycles. The van der Waals surface area contributed by atoms with Crippen molar-refractivity contribution in [3.05, 3.63) is 71.8 Å². The highest BCUT2D eigenvalue weighted by molar-refractivity contribution is 5.15. The molecule has 6 nitrogen and oxygen atoms in total. The van der Waals surface area contributed by atoms with Crippen LogP contribution in [0.15, 0.2) is 60.7 Å². The fourth-order valence-corrected chi connectivity index (χ4v) is 4.11. The minimum Gasteiger partial charge on any atom is -0.376 e. The zero-order valence-electron chi connectivity index (χ0n) is 18.1. The van der Waals surface area contributed by atoms with Crippen LogP contribution >= 0.6 is 0 Å². The third-order valence-corrected chi connectivity index (χ3v) is 5.60. The van der Waals surface area contributed by atoms with E-state index in [2.05, 4.69) is 0 Å². The molecule has 3 rings (SSSR count). The molecule has 0 aliphatic heterocycles. The molecule has 2 aromatic rings. The van der Waals surface area contributed by atoms with Crippen LogP contribution in [0.3, 0.4) is 0 Å². The Morgan fingerprint density at radius 1 is 0.467 bits per heavy atom. The fraction of sp³-hybridized carbons (Fsp3) is 0.500. The Balaban J connectivity index is 1.85. The van der Waals surface area contributed by atoms with Gasteiger partial charge in [0, 0.05) is 28.4 Å². The molecule has 0 radical (unpaired) electrons. The normalized spacial score (nSPS) is 29.1. The molecule has 0 spiro atoms. The quantitative estimate of drug-likeness (QED) is 0.593. The summed E-state index contributed by atoms with van der Waals surface area (Å²) in [6.07, 6.45) is -2.28. The second kappa shape index (κ2) is 11.6. The molecule has 1 aliphatic rings. The Bertz CT molecular complexity index is 661. The van der Waals surface area contributed by atoms with Gasteiger partial charge < -0.3 is 28.4 Å². The van der Waals surface area contributed by atoms with Gasteiger partial charge in [-0.05, 0) is 11.1 Å². The van der Waals surface area contributed by atoms with Crippen molar-refractivity contribution >= 4 is 0 Å². The summed E-state index contributed by atoms with van der Waals surface area (Å²) >= 11 is 0. The molecule has 6 heteroatoms. The molecule has 1 saturated carbocycles. The molecule has 0 heterocycles. The van der Waals surface area contributed by atoms with Crippen LogP contribution in [0.4, 0.5) is 0 Å². The van der Waals surface area contributed by atoms with Crippen LogP contribution in [0.25, 0.3) is 0 Å². The van der Waals surface area contributed by atoms with Crippen LogP contribution in [0, 0.1) is 0 Å².